The van der Waals surface area contributed by atoms with Crippen molar-refractivity contribution in [3.8, 4) is 22.6 Å². The van der Waals surface area contributed by atoms with Gasteiger partial charge in [-0.1, -0.05) is 0 Å². The minimum atomic E-state index is -2.90. The number of halogens is 3. The van der Waals surface area contributed by atoms with Crippen LogP contribution in [0.2, 0.25) is 15.1 Å². The van der Waals surface area contributed by atoms with Gasteiger partial charge >= 0.3 is 290 Å². The molecular formula is C40H38Cl3O2P. The summed E-state index contributed by atoms with van der Waals surface area (Å²) in [4.78, 5) is 0. The second-order valence-electron chi connectivity index (χ2n) is 12.1. The predicted octanol–water partition coefficient (Wildman–Crippen LogP) is 10.4. The SMILES string of the molecule is C=CCc1ccc(O)c(-c2cc(CC=C)ccc2OCC(C)(C)[PH](c2ccc(Cl)cc2)(c2ccc(Cl)cc2)c2ccc(Cl)cc2)c1. The molecule has 0 aliphatic carbocycles. The van der Waals surface area contributed by atoms with Crippen LogP contribution in [0.4, 0.5) is 0 Å². The Kier molecular flexibility index (Phi) is 10.7. The summed E-state index contributed by atoms with van der Waals surface area (Å²) in [5.41, 5.74) is 3.69. The third-order valence-electron chi connectivity index (χ3n) is 8.59. The Morgan fingerprint density at radius 1 is 0.630 bits per heavy atom. The fraction of sp³-hybridized carbons (Fsp3) is 0.150. The Morgan fingerprint density at radius 2 is 1.04 bits per heavy atom. The van der Waals surface area contributed by atoms with Crippen LogP contribution >= 0.6 is 42.1 Å². The van der Waals surface area contributed by atoms with Crippen molar-refractivity contribution in [1.82, 2.24) is 0 Å². The third kappa shape index (κ3) is 6.92. The fourth-order valence-electron chi connectivity index (χ4n) is 6.44. The molecule has 0 aliphatic rings. The summed E-state index contributed by atoms with van der Waals surface area (Å²) in [6.07, 6.45) is 5.13. The predicted molar refractivity (Wildman–Crippen MR) is 202 cm³/mol. The second kappa shape index (κ2) is 14.5. The molecule has 0 amide bonds. The van der Waals surface area contributed by atoms with E-state index in [-0.39, 0.29) is 5.75 Å². The Bertz CT molecular complexity index is 1720. The van der Waals surface area contributed by atoms with Gasteiger partial charge in [-0.15, -0.1) is 0 Å². The van der Waals surface area contributed by atoms with Gasteiger partial charge in [-0.2, -0.15) is 0 Å². The van der Waals surface area contributed by atoms with E-state index in [0.29, 0.717) is 40.3 Å². The van der Waals surface area contributed by atoms with E-state index in [4.69, 9.17) is 39.5 Å². The zero-order valence-electron chi connectivity index (χ0n) is 26.1. The third-order valence-corrected chi connectivity index (χ3v) is 15.1. The van der Waals surface area contributed by atoms with Gasteiger partial charge in [0.1, 0.15) is 0 Å². The van der Waals surface area contributed by atoms with Gasteiger partial charge in [-0.25, -0.2) is 0 Å². The second-order valence-corrected chi connectivity index (χ2v) is 18.0. The van der Waals surface area contributed by atoms with E-state index in [1.807, 2.05) is 66.7 Å². The monoisotopic (exact) mass is 686 g/mol. The van der Waals surface area contributed by atoms with Crippen molar-refractivity contribution in [2.24, 2.45) is 0 Å². The van der Waals surface area contributed by atoms with E-state index in [2.05, 4.69) is 75.5 Å². The van der Waals surface area contributed by atoms with E-state index in [0.717, 1.165) is 22.3 Å². The van der Waals surface area contributed by atoms with Crippen LogP contribution in [0.25, 0.3) is 11.1 Å². The summed E-state index contributed by atoms with van der Waals surface area (Å²) in [7, 11) is -2.90. The number of rotatable bonds is 12. The van der Waals surface area contributed by atoms with Crippen molar-refractivity contribution in [2.75, 3.05) is 6.61 Å². The summed E-state index contributed by atoms with van der Waals surface area (Å²) < 4.78 is 6.89. The molecule has 0 spiro atoms. The molecule has 0 aromatic heterocycles. The van der Waals surface area contributed by atoms with Gasteiger partial charge in [-0.05, 0) is 0 Å². The first-order chi connectivity index (χ1) is 22.1. The summed E-state index contributed by atoms with van der Waals surface area (Å²) in [6, 6.07) is 36.4. The van der Waals surface area contributed by atoms with E-state index < -0.39 is 12.4 Å². The fourth-order valence-corrected chi connectivity index (χ4v) is 12.4. The number of benzene rings is 5. The van der Waals surface area contributed by atoms with Gasteiger partial charge in [0.05, 0.1) is 0 Å². The molecule has 5 rings (SSSR count). The maximum absolute atomic E-state index is 11.0. The van der Waals surface area contributed by atoms with Crippen molar-refractivity contribution in [3.05, 3.63) is 161 Å². The van der Waals surface area contributed by atoms with Gasteiger partial charge in [-0.3, -0.25) is 0 Å². The summed E-state index contributed by atoms with van der Waals surface area (Å²) in [5, 5.41) is 16.2. The van der Waals surface area contributed by atoms with Crippen molar-refractivity contribution in [1.29, 1.82) is 0 Å². The number of hydrogen-bond donors (Lipinski definition) is 1. The average Bonchev–Trinajstić information content (AvgIpc) is 3.04. The first-order valence-electron chi connectivity index (χ1n) is 15.2. The number of ether oxygens (including phenoxy) is 1. The van der Waals surface area contributed by atoms with Crippen molar-refractivity contribution >= 4 is 58.0 Å². The van der Waals surface area contributed by atoms with E-state index >= 15 is 0 Å². The molecule has 0 unspecified atom stereocenters. The minimum absolute atomic E-state index is 0.194. The molecule has 0 bridgehead atoms. The van der Waals surface area contributed by atoms with Gasteiger partial charge in [0.15, 0.2) is 0 Å². The van der Waals surface area contributed by atoms with Crippen LogP contribution in [-0.4, -0.2) is 16.9 Å². The molecule has 2 nitrogen and oxygen atoms in total. The van der Waals surface area contributed by atoms with Gasteiger partial charge in [0.25, 0.3) is 0 Å². The van der Waals surface area contributed by atoms with Crippen LogP contribution in [0, 0.1) is 0 Å². The molecule has 0 saturated carbocycles. The van der Waals surface area contributed by atoms with E-state index in [1.165, 1.54) is 15.9 Å². The summed E-state index contributed by atoms with van der Waals surface area (Å²) in [6.45, 7) is 12.7. The first-order valence-corrected chi connectivity index (χ1v) is 18.3. The maximum atomic E-state index is 11.0. The topological polar surface area (TPSA) is 29.5 Å². The molecular weight excluding hydrogens is 650 g/mol. The quantitative estimate of drug-likeness (QED) is 0.105. The molecule has 5 aromatic rings. The number of phenolic OH excluding ortho intramolecular Hbond substituents is 1. The molecule has 236 valence electrons. The number of aromatic hydroxyl groups is 1. The van der Waals surface area contributed by atoms with E-state index in [1.54, 1.807) is 6.07 Å². The molecule has 0 fully saturated rings. The van der Waals surface area contributed by atoms with Crippen molar-refractivity contribution < 1.29 is 9.84 Å². The number of allylic oxidation sites excluding steroid dienone is 2. The zero-order chi connectivity index (χ0) is 32.9. The van der Waals surface area contributed by atoms with Crippen LogP contribution in [0.5, 0.6) is 11.5 Å². The Hall–Kier alpha value is -3.52. The van der Waals surface area contributed by atoms with Crippen LogP contribution in [0.3, 0.4) is 0 Å². The first kappa shape index (κ1) is 33.8. The van der Waals surface area contributed by atoms with Crippen LogP contribution < -0.4 is 20.7 Å². The zero-order valence-corrected chi connectivity index (χ0v) is 29.3. The van der Waals surface area contributed by atoms with Gasteiger partial charge in [0, 0.05) is 0 Å². The molecule has 6 heteroatoms. The van der Waals surface area contributed by atoms with Crippen molar-refractivity contribution in [3.63, 3.8) is 0 Å². The van der Waals surface area contributed by atoms with Gasteiger partial charge in [0.2, 0.25) is 0 Å². The van der Waals surface area contributed by atoms with Crippen LogP contribution in [-0.2, 0) is 12.8 Å². The van der Waals surface area contributed by atoms with E-state index in [9.17, 15) is 5.11 Å². The standard InChI is InChI=1S/C40H38Cl3O2P/c1-5-7-28-9-23-38(44)36(25-28)37-26-29(8-6-2)10-24-39(37)45-27-40(3,4)46(33-17-11-30(41)12-18-33,34-19-13-31(42)14-20-34)35-21-15-32(43)16-22-35/h5-6,9-26,44,46H,1-2,7-8,27H2,3-4H3. The van der Waals surface area contributed by atoms with Crippen LogP contribution in [0.1, 0.15) is 25.0 Å². The Balaban J connectivity index is 1.68. The Morgan fingerprint density at radius 3 is 1.48 bits per heavy atom. The molecule has 5 aromatic carbocycles. The molecule has 46 heavy (non-hydrogen) atoms. The molecule has 0 radical (unpaired) electrons. The number of phenols is 1. The van der Waals surface area contributed by atoms with Crippen LogP contribution in [0.15, 0.2) is 135 Å². The average molecular weight is 688 g/mol. The molecule has 1 N–H and O–H groups in total. The molecule has 0 heterocycles. The number of hydrogen-bond acceptors (Lipinski definition) is 2. The van der Waals surface area contributed by atoms with Gasteiger partial charge < -0.3 is 0 Å². The molecule has 0 atom stereocenters. The summed E-state index contributed by atoms with van der Waals surface area (Å²) >= 11 is 19.3. The summed E-state index contributed by atoms with van der Waals surface area (Å²) in [5.74, 6) is 0.887. The normalized spacial score (nSPS) is 12.0. The Labute approximate surface area is 288 Å². The molecule has 0 aliphatic heterocycles. The molecule has 0 saturated heterocycles. The van der Waals surface area contributed by atoms with Crippen molar-refractivity contribution in [2.45, 2.75) is 31.8 Å².